The molecule has 1 aliphatic heterocycles. The third-order valence-corrected chi connectivity index (χ3v) is 3.02. The molecule has 15 heavy (non-hydrogen) atoms. The highest BCUT2D eigenvalue weighted by molar-refractivity contribution is 7.80. The van der Waals surface area contributed by atoms with Crippen molar-refractivity contribution >= 4 is 23.0 Å². The van der Waals surface area contributed by atoms with Gasteiger partial charge in [-0.05, 0) is 36.7 Å². The van der Waals surface area contributed by atoms with Crippen molar-refractivity contribution in [3.8, 4) is 0 Å². The maximum atomic E-state index is 5.37. The molecule has 2 rings (SSSR count). The largest absolute Gasteiger partial charge is 0.362 e. The summed E-state index contributed by atoms with van der Waals surface area (Å²) in [6.07, 6.45) is 2.21. The summed E-state index contributed by atoms with van der Waals surface area (Å²) < 4.78 is 0. The third kappa shape index (κ3) is 2.12. The van der Waals surface area contributed by atoms with Crippen molar-refractivity contribution in [2.24, 2.45) is 0 Å². The normalized spacial score (nSPS) is 13.8. The lowest BCUT2D eigenvalue weighted by atomic mass is 10.2. The Labute approximate surface area is 96.3 Å². The predicted molar refractivity (Wildman–Crippen MR) is 68.4 cm³/mol. The van der Waals surface area contributed by atoms with E-state index in [1.807, 2.05) is 0 Å². The zero-order valence-electron chi connectivity index (χ0n) is 8.99. The van der Waals surface area contributed by atoms with Gasteiger partial charge in [0.25, 0.3) is 0 Å². The molecule has 80 valence electrons. The van der Waals surface area contributed by atoms with Crippen LogP contribution in [0.4, 0.5) is 5.69 Å². The van der Waals surface area contributed by atoms with E-state index < -0.39 is 0 Å². The number of fused-ring (bicyclic) bond motifs is 1. The highest BCUT2D eigenvalue weighted by atomic mass is 32.1. The van der Waals surface area contributed by atoms with Crippen LogP contribution < -0.4 is 10.2 Å². The first kappa shape index (κ1) is 10.4. The molecular formula is C12H16N2S. The number of hydrogen-bond acceptors (Lipinski definition) is 1. The molecule has 0 atom stereocenters. The molecule has 0 bridgehead atoms. The Hall–Kier alpha value is -1.09. The molecule has 2 nitrogen and oxygen atoms in total. The number of para-hydroxylation sites is 1. The molecule has 0 spiro atoms. The molecule has 0 saturated carbocycles. The number of nitrogens with zero attached hydrogens (tertiary/aromatic N) is 1. The fraction of sp³-hybridized carbons (Fsp3) is 0.417. The van der Waals surface area contributed by atoms with Gasteiger partial charge in [0.1, 0.15) is 0 Å². The van der Waals surface area contributed by atoms with Crippen molar-refractivity contribution < 1.29 is 0 Å². The van der Waals surface area contributed by atoms with Gasteiger partial charge in [-0.15, -0.1) is 0 Å². The monoisotopic (exact) mass is 220 g/mol. The van der Waals surface area contributed by atoms with E-state index in [9.17, 15) is 0 Å². The lowest BCUT2D eigenvalue weighted by Gasteiger charge is -2.20. The van der Waals surface area contributed by atoms with E-state index in [1.54, 1.807) is 0 Å². The molecule has 0 radical (unpaired) electrons. The number of nitrogens with one attached hydrogen (secondary N) is 1. The highest BCUT2D eigenvalue weighted by Crippen LogP contribution is 2.27. The van der Waals surface area contributed by atoms with Crippen LogP contribution in [-0.4, -0.2) is 18.2 Å². The van der Waals surface area contributed by atoms with Crippen molar-refractivity contribution in [3.63, 3.8) is 0 Å². The Bertz CT molecular complexity index is 362. The second-order valence-electron chi connectivity index (χ2n) is 3.76. The van der Waals surface area contributed by atoms with Crippen molar-refractivity contribution in [1.29, 1.82) is 0 Å². The van der Waals surface area contributed by atoms with Crippen LogP contribution >= 0.6 is 12.2 Å². The number of rotatable bonds is 2. The molecule has 3 heteroatoms. The Morgan fingerprint density at radius 2 is 2.27 bits per heavy atom. The van der Waals surface area contributed by atoms with Gasteiger partial charge in [-0.3, -0.25) is 0 Å². The van der Waals surface area contributed by atoms with Gasteiger partial charge in [-0.1, -0.05) is 25.1 Å². The molecule has 1 aromatic rings. The molecule has 1 aliphatic rings. The van der Waals surface area contributed by atoms with Crippen molar-refractivity contribution in [3.05, 3.63) is 29.8 Å². The number of benzene rings is 1. The molecule has 0 unspecified atom stereocenters. The Morgan fingerprint density at radius 3 is 3.07 bits per heavy atom. The van der Waals surface area contributed by atoms with E-state index in [2.05, 4.69) is 41.4 Å². The zero-order valence-corrected chi connectivity index (χ0v) is 9.81. The van der Waals surface area contributed by atoms with E-state index in [1.165, 1.54) is 11.3 Å². The van der Waals surface area contributed by atoms with Gasteiger partial charge in [0.2, 0.25) is 0 Å². The molecule has 0 aliphatic carbocycles. The molecule has 0 saturated heterocycles. The molecular weight excluding hydrogens is 204 g/mol. The lowest BCUT2D eigenvalue weighted by molar-refractivity contribution is 0.830. The van der Waals surface area contributed by atoms with Crippen molar-refractivity contribution in [2.45, 2.75) is 19.8 Å². The Kier molecular flexibility index (Phi) is 3.21. The molecule has 0 fully saturated rings. The molecule has 1 N–H and O–H groups in total. The maximum Gasteiger partial charge on any atom is 0.173 e. The smallest absolute Gasteiger partial charge is 0.173 e. The van der Waals surface area contributed by atoms with Crippen LogP contribution in [0, 0.1) is 0 Å². The topological polar surface area (TPSA) is 15.3 Å². The van der Waals surface area contributed by atoms with Crippen LogP contribution in [0.5, 0.6) is 0 Å². The van der Waals surface area contributed by atoms with Gasteiger partial charge in [-0.2, -0.15) is 0 Å². The van der Waals surface area contributed by atoms with E-state index in [0.29, 0.717) is 0 Å². The van der Waals surface area contributed by atoms with Gasteiger partial charge < -0.3 is 10.2 Å². The Morgan fingerprint density at radius 1 is 1.47 bits per heavy atom. The lowest BCUT2D eigenvalue weighted by Crippen LogP contribution is -2.38. The average Bonchev–Trinajstić information content (AvgIpc) is 2.69. The summed E-state index contributed by atoms with van der Waals surface area (Å²) >= 11 is 5.37. The first-order valence-corrected chi connectivity index (χ1v) is 5.87. The third-order valence-electron chi connectivity index (χ3n) is 2.66. The average molecular weight is 220 g/mol. The highest BCUT2D eigenvalue weighted by Gasteiger charge is 2.20. The fourth-order valence-electron chi connectivity index (χ4n) is 1.88. The summed E-state index contributed by atoms with van der Waals surface area (Å²) in [4.78, 5) is 2.19. The predicted octanol–water partition coefficient (Wildman–Crippen LogP) is 2.33. The van der Waals surface area contributed by atoms with Crippen LogP contribution in [0.3, 0.4) is 0 Å². The molecule has 0 aromatic heterocycles. The van der Waals surface area contributed by atoms with Gasteiger partial charge >= 0.3 is 0 Å². The van der Waals surface area contributed by atoms with Crippen molar-refractivity contribution in [1.82, 2.24) is 5.32 Å². The van der Waals surface area contributed by atoms with Crippen LogP contribution in [-0.2, 0) is 6.42 Å². The van der Waals surface area contributed by atoms with Gasteiger partial charge in [-0.25, -0.2) is 0 Å². The van der Waals surface area contributed by atoms with Crippen LogP contribution in [0.1, 0.15) is 18.9 Å². The minimum Gasteiger partial charge on any atom is -0.362 e. The zero-order chi connectivity index (χ0) is 10.7. The van der Waals surface area contributed by atoms with Crippen molar-refractivity contribution in [2.75, 3.05) is 18.0 Å². The van der Waals surface area contributed by atoms with E-state index in [0.717, 1.165) is 31.0 Å². The number of hydrogen-bond donors (Lipinski definition) is 1. The summed E-state index contributed by atoms with van der Waals surface area (Å²) in [5.74, 6) is 0. The quantitative estimate of drug-likeness (QED) is 0.770. The fourth-order valence-corrected chi connectivity index (χ4v) is 2.17. The summed E-state index contributed by atoms with van der Waals surface area (Å²) in [5, 5.41) is 4.14. The molecule has 1 aromatic carbocycles. The minimum atomic E-state index is 0.863. The SMILES string of the molecule is CCCNC(=S)N1CCc2ccccc21. The minimum absolute atomic E-state index is 0.863. The Balaban J connectivity index is 2.10. The van der Waals surface area contributed by atoms with Crippen LogP contribution in [0.25, 0.3) is 0 Å². The van der Waals surface area contributed by atoms with Crippen LogP contribution in [0.15, 0.2) is 24.3 Å². The maximum absolute atomic E-state index is 5.37. The summed E-state index contributed by atoms with van der Waals surface area (Å²) in [6, 6.07) is 8.48. The second-order valence-corrected chi connectivity index (χ2v) is 4.15. The molecule has 0 amide bonds. The van der Waals surface area contributed by atoms with Gasteiger partial charge in [0, 0.05) is 18.8 Å². The molecule has 1 heterocycles. The summed E-state index contributed by atoms with van der Waals surface area (Å²) in [5.41, 5.74) is 2.67. The standard InChI is InChI=1S/C12H16N2S/c1-2-8-13-12(15)14-9-7-10-5-3-4-6-11(10)14/h3-6H,2,7-9H2,1H3,(H,13,15). The summed E-state index contributed by atoms with van der Waals surface area (Å²) in [6.45, 7) is 4.11. The van der Waals surface area contributed by atoms with E-state index in [-0.39, 0.29) is 0 Å². The van der Waals surface area contributed by atoms with Gasteiger partial charge in [0.05, 0.1) is 0 Å². The van der Waals surface area contributed by atoms with E-state index in [4.69, 9.17) is 12.2 Å². The van der Waals surface area contributed by atoms with Crippen LogP contribution in [0.2, 0.25) is 0 Å². The van der Waals surface area contributed by atoms with E-state index >= 15 is 0 Å². The first-order valence-electron chi connectivity index (χ1n) is 5.46. The first-order chi connectivity index (χ1) is 7.33. The number of anilines is 1. The number of thiocarbonyl (C=S) groups is 1. The van der Waals surface area contributed by atoms with Gasteiger partial charge in [0.15, 0.2) is 5.11 Å². The summed E-state index contributed by atoms with van der Waals surface area (Å²) in [7, 11) is 0. The second kappa shape index (κ2) is 4.62.